The molecule has 0 aliphatic heterocycles. The average molecular weight is 453 g/mol. The molecule has 0 spiro atoms. The zero-order valence-corrected chi connectivity index (χ0v) is 18.8. The molecular formula is C25H25FN2O3S. The molecule has 5 nitrogen and oxygen atoms in total. The minimum absolute atomic E-state index is 0.137. The molecule has 0 fully saturated rings. The molecule has 0 aromatic heterocycles. The number of aryl methyl sites for hydroxylation is 1. The van der Waals surface area contributed by atoms with Gasteiger partial charge in [0.05, 0.1) is 17.9 Å². The highest BCUT2D eigenvalue weighted by molar-refractivity contribution is 8.00. The summed E-state index contributed by atoms with van der Waals surface area (Å²) >= 11 is 1.32. The molecule has 7 heteroatoms. The molecule has 3 rings (SSSR count). The number of thioether (sulfide) groups is 1. The molecular weight excluding hydrogens is 427 g/mol. The highest BCUT2D eigenvalue weighted by Gasteiger charge is 2.17. The zero-order chi connectivity index (χ0) is 22.9. The number of benzene rings is 3. The number of nitrogens with one attached hydrogen (secondary N) is 1. The van der Waals surface area contributed by atoms with Gasteiger partial charge in [0.25, 0.3) is 5.91 Å². The first-order valence-electron chi connectivity index (χ1n) is 10.1. The molecule has 0 atom stereocenters. The van der Waals surface area contributed by atoms with Gasteiger partial charge in [-0.05, 0) is 55.5 Å². The monoisotopic (exact) mass is 452 g/mol. The smallest absolute Gasteiger partial charge is 0.254 e. The SMILES string of the molecule is Cc1ccc(NC(=O)CSc2ccccc2C(=O)N(C)CCOc2ccc(F)cc2)cc1. The van der Waals surface area contributed by atoms with E-state index in [0.29, 0.717) is 17.9 Å². The van der Waals surface area contributed by atoms with Gasteiger partial charge in [-0.2, -0.15) is 0 Å². The van der Waals surface area contributed by atoms with Crippen LogP contribution >= 0.6 is 11.8 Å². The second kappa shape index (κ2) is 11.3. The van der Waals surface area contributed by atoms with E-state index in [0.717, 1.165) is 16.1 Å². The molecule has 1 N–H and O–H groups in total. The van der Waals surface area contributed by atoms with Crippen LogP contribution in [0.2, 0.25) is 0 Å². The molecule has 166 valence electrons. The number of amides is 2. The normalized spacial score (nSPS) is 10.5. The number of carbonyl (C=O) groups excluding carboxylic acids is 2. The lowest BCUT2D eigenvalue weighted by Crippen LogP contribution is -2.31. The fourth-order valence-corrected chi connectivity index (χ4v) is 3.73. The van der Waals surface area contributed by atoms with Gasteiger partial charge in [-0.3, -0.25) is 9.59 Å². The quantitative estimate of drug-likeness (QED) is 0.464. The number of hydrogen-bond donors (Lipinski definition) is 1. The van der Waals surface area contributed by atoms with Crippen molar-refractivity contribution in [2.45, 2.75) is 11.8 Å². The average Bonchev–Trinajstić information content (AvgIpc) is 2.80. The highest BCUT2D eigenvalue weighted by Crippen LogP contribution is 2.24. The molecule has 32 heavy (non-hydrogen) atoms. The summed E-state index contributed by atoms with van der Waals surface area (Å²) < 4.78 is 18.5. The fourth-order valence-electron chi connectivity index (χ4n) is 2.88. The first kappa shape index (κ1) is 23.3. The molecule has 3 aromatic rings. The van der Waals surface area contributed by atoms with Gasteiger partial charge in [0.15, 0.2) is 0 Å². The van der Waals surface area contributed by atoms with Gasteiger partial charge in [0, 0.05) is 17.6 Å². The van der Waals surface area contributed by atoms with Crippen LogP contribution in [0.1, 0.15) is 15.9 Å². The summed E-state index contributed by atoms with van der Waals surface area (Å²) in [6, 6.07) is 20.6. The highest BCUT2D eigenvalue weighted by atomic mass is 32.2. The van der Waals surface area contributed by atoms with Crippen molar-refractivity contribution in [2.75, 3.05) is 31.3 Å². The van der Waals surface area contributed by atoms with Crippen molar-refractivity contribution in [3.63, 3.8) is 0 Å². The number of ether oxygens (including phenoxy) is 1. The molecule has 0 saturated carbocycles. The maximum Gasteiger partial charge on any atom is 0.254 e. The van der Waals surface area contributed by atoms with E-state index in [1.807, 2.05) is 43.3 Å². The number of halogens is 1. The van der Waals surface area contributed by atoms with E-state index < -0.39 is 0 Å². The van der Waals surface area contributed by atoms with Crippen LogP contribution in [0.5, 0.6) is 5.75 Å². The van der Waals surface area contributed by atoms with Gasteiger partial charge in [-0.1, -0.05) is 29.8 Å². The summed E-state index contributed by atoms with van der Waals surface area (Å²) in [7, 11) is 1.70. The zero-order valence-electron chi connectivity index (χ0n) is 18.0. The number of anilines is 1. The van der Waals surface area contributed by atoms with Gasteiger partial charge in [-0.25, -0.2) is 4.39 Å². The summed E-state index contributed by atoms with van der Waals surface area (Å²) in [5.74, 6) is 0.112. The Balaban J connectivity index is 1.53. The Hall–Kier alpha value is -3.32. The molecule has 0 heterocycles. The number of carbonyl (C=O) groups is 2. The van der Waals surface area contributed by atoms with E-state index in [1.165, 1.54) is 23.9 Å². The Labute approximate surface area is 191 Å². The van der Waals surface area contributed by atoms with E-state index in [4.69, 9.17) is 4.74 Å². The lowest BCUT2D eigenvalue weighted by atomic mass is 10.2. The van der Waals surface area contributed by atoms with E-state index in [1.54, 1.807) is 36.2 Å². The predicted octanol–water partition coefficient (Wildman–Crippen LogP) is 5.02. The van der Waals surface area contributed by atoms with E-state index in [2.05, 4.69) is 5.32 Å². The van der Waals surface area contributed by atoms with E-state index >= 15 is 0 Å². The van der Waals surface area contributed by atoms with Crippen LogP contribution in [-0.4, -0.2) is 42.7 Å². The standard InChI is InChI=1S/C25H25FN2O3S/c1-18-7-11-20(12-8-18)27-24(29)17-32-23-6-4-3-5-22(23)25(30)28(2)15-16-31-21-13-9-19(26)10-14-21/h3-14H,15-17H2,1-2H3,(H,27,29). The van der Waals surface area contributed by atoms with E-state index in [-0.39, 0.29) is 30.0 Å². The lowest BCUT2D eigenvalue weighted by Gasteiger charge is -2.19. The number of nitrogens with zero attached hydrogens (tertiary/aromatic N) is 1. The Kier molecular flexibility index (Phi) is 8.27. The third kappa shape index (κ3) is 6.85. The largest absolute Gasteiger partial charge is 0.492 e. The number of hydrogen-bond acceptors (Lipinski definition) is 4. The molecule has 0 aliphatic rings. The van der Waals surface area contributed by atoms with Crippen molar-refractivity contribution >= 4 is 29.3 Å². The maximum absolute atomic E-state index is 13.0. The van der Waals surface area contributed by atoms with Gasteiger partial charge < -0.3 is 15.0 Å². The van der Waals surface area contributed by atoms with E-state index in [9.17, 15) is 14.0 Å². The first-order chi connectivity index (χ1) is 15.4. The summed E-state index contributed by atoms with van der Waals surface area (Å²) in [6.07, 6.45) is 0. The maximum atomic E-state index is 13.0. The first-order valence-corrected chi connectivity index (χ1v) is 11.1. The van der Waals surface area contributed by atoms with Crippen molar-refractivity contribution in [1.82, 2.24) is 4.90 Å². The number of rotatable bonds is 9. The van der Waals surface area contributed by atoms with Crippen LogP contribution < -0.4 is 10.1 Å². The second-order valence-electron chi connectivity index (χ2n) is 7.23. The molecule has 0 bridgehead atoms. The lowest BCUT2D eigenvalue weighted by molar-refractivity contribution is -0.113. The van der Waals surface area contributed by atoms with Crippen molar-refractivity contribution in [3.05, 3.63) is 89.7 Å². The Morgan fingerprint density at radius 2 is 1.69 bits per heavy atom. The van der Waals surface area contributed by atoms with Gasteiger partial charge >= 0.3 is 0 Å². The van der Waals surface area contributed by atoms with Crippen LogP contribution in [0.15, 0.2) is 77.7 Å². The molecule has 0 saturated heterocycles. The van der Waals surface area contributed by atoms with Gasteiger partial charge in [0.1, 0.15) is 18.2 Å². The van der Waals surface area contributed by atoms with Crippen LogP contribution in [-0.2, 0) is 4.79 Å². The molecule has 3 aromatic carbocycles. The van der Waals surface area contributed by atoms with Gasteiger partial charge in [-0.15, -0.1) is 11.8 Å². The van der Waals surface area contributed by atoms with Gasteiger partial charge in [0.2, 0.25) is 5.91 Å². The summed E-state index contributed by atoms with van der Waals surface area (Å²) in [5, 5.41) is 2.86. The van der Waals surface area contributed by atoms with Crippen molar-refractivity contribution in [1.29, 1.82) is 0 Å². The predicted molar refractivity (Wildman–Crippen MR) is 126 cm³/mol. The Morgan fingerprint density at radius 1 is 1.00 bits per heavy atom. The second-order valence-corrected chi connectivity index (χ2v) is 8.25. The van der Waals surface area contributed by atoms with Crippen LogP contribution in [0.25, 0.3) is 0 Å². The summed E-state index contributed by atoms with van der Waals surface area (Å²) in [4.78, 5) is 27.5. The van der Waals surface area contributed by atoms with Crippen LogP contribution in [0.4, 0.5) is 10.1 Å². The molecule has 0 radical (unpaired) electrons. The molecule has 0 unspecified atom stereocenters. The van der Waals surface area contributed by atoms with Crippen molar-refractivity contribution < 1.29 is 18.7 Å². The molecule has 2 amide bonds. The summed E-state index contributed by atoms with van der Waals surface area (Å²) in [6.45, 7) is 2.63. The number of likely N-dealkylation sites (N-methyl/N-ethyl adjacent to an activating group) is 1. The van der Waals surface area contributed by atoms with Crippen molar-refractivity contribution in [3.8, 4) is 5.75 Å². The van der Waals surface area contributed by atoms with Crippen LogP contribution in [0.3, 0.4) is 0 Å². The van der Waals surface area contributed by atoms with Crippen LogP contribution in [0, 0.1) is 12.7 Å². The third-order valence-corrected chi connectivity index (χ3v) is 5.74. The molecule has 0 aliphatic carbocycles. The van der Waals surface area contributed by atoms with Crippen molar-refractivity contribution in [2.24, 2.45) is 0 Å². The minimum Gasteiger partial charge on any atom is -0.492 e. The fraction of sp³-hybridized carbons (Fsp3) is 0.200. The Morgan fingerprint density at radius 3 is 2.41 bits per heavy atom. The minimum atomic E-state index is -0.327. The summed E-state index contributed by atoms with van der Waals surface area (Å²) in [5.41, 5.74) is 2.40. The Bertz CT molecular complexity index is 1060. The third-order valence-electron chi connectivity index (χ3n) is 4.67. The topological polar surface area (TPSA) is 58.6 Å².